The third-order valence-electron chi connectivity index (χ3n) is 4.15. The van der Waals surface area contributed by atoms with Gasteiger partial charge in [-0.1, -0.05) is 24.3 Å². The van der Waals surface area contributed by atoms with Crippen molar-refractivity contribution >= 4 is 23.3 Å². The third kappa shape index (κ3) is 4.72. The Bertz CT molecular complexity index is 882. The molecular weight excluding hydrogens is 354 g/mol. The number of aromatic nitrogens is 1. The van der Waals surface area contributed by atoms with Crippen molar-refractivity contribution in [1.82, 2.24) is 9.99 Å². The quantitative estimate of drug-likeness (QED) is 0.876. The van der Waals surface area contributed by atoms with Gasteiger partial charge in [0.05, 0.1) is 0 Å². The van der Waals surface area contributed by atoms with Gasteiger partial charge in [-0.25, -0.2) is 18.8 Å². The predicted octanol–water partition coefficient (Wildman–Crippen LogP) is 3.16. The predicted molar refractivity (Wildman–Crippen MR) is 96.5 cm³/mol. The van der Waals surface area contributed by atoms with E-state index in [9.17, 15) is 18.4 Å². The summed E-state index contributed by atoms with van der Waals surface area (Å²) in [6.07, 6.45) is 0.0720. The minimum Gasteiger partial charge on any atom is -0.305 e. The highest BCUT2D eigenvalue weighted by molar-refractivity contribution is 6.43. The topological polar surface area (TPSA) is 74.7 Å². The van der Waals surface area contributed by atoms with Crippen LogP contribution in [0, 0.1) is 0 Å². The van der Waals surface area contributed by atoms with Crippen molar-refractivity contribution in [2.75, 3.05) is 12.4 Å². The van der Waals surface area contributed by atoms with Crippen molar-refractivity contribution in [2.45, 2.75) is 25.7 Å². The fourth-order valence-electron chi connectivity index (χ4n) is 2.70. The maximum absolute atomic E-state index is 12.8. The van der Waals surface area contributed by atoms with Gasteiger partial charge < -0.3 is 5.32 Å². The number of carbonyl (C=O) groups excluding carboxylic acids is 2. The molecule has 0 bridgehead atoms. The van der Waals surface area contributed by atoms with E-state index in [1.807, 2.05) is 0 Å². The summed E-state index contributed by atoms with van der Waals surface area (Å²) in [6.45, 7) is 0. The molecule has 0 saturated carbocycles. The Hall–Kier alpha value is -3.16. The van der Waals surface area contributed by atoms with Crippen molar-refractivity contribution in [3.63, 3.8) is 0 Å². The molecule has 140 valence electrons. The summed E-state index contributed by atoms with van der Waals surface area (Å²) in [4.78, 5) is 27.8. The maximum atomic E-state index is 12.8. The van der Waals surface area contributed by atoms with Crippen LogP contribution in [0.15, 0.2) is 47.7 Å². The molecule has 8 heteroatoms. The smallest absolute Gasteiger partial charge is 0.273 e. The molecule has 27 heavy (non-hydrogen) atoms. The van der Waals surface area contributed by atoms with E-state index in [1.54, 1.807) is 30.5 Å². The van der Waals surface area contributed by atoms with Crippen LogP contribution in [0.2, 0.25) is 0 Å². The molecule has 1 aromatic carbocycles. The van der Waals surface area contributed by atoms with Gasteiger partial charge in [-0.05, 0) is 29.7 Å². The van der Waals surface area contributed by atoms with E-state index in [0.717, 1.165) is 16.1 Å². The molecule has 0 fully saturated rings. The second-order valence-corrected chi connectivity index (χ2v) is 6.19. The highest BCUT2D eigenvalue weighted by atomic mass is 19.3. The van der Waals surface area contributed by atoms with E-state index in [1.165, 1.54) is 19.2 Å². The van der Waals surface area contributed by atoms with Crippen LogP contribution in [-0.4, -0.2) is 34.6 Å². The normalized spacial score (nSPS) is 14.3. The number of rotatable bonds is 5. The molecule has 0 unspecified atom stereocenters. The molecule has 6 nitrogen and oxygen atoms in total. The molecule has 1 aliphatic rings. The van der Waals surface area contributed by atoms with Crippen LogP contribution in [0.1, 0.15) is 36.0 Å². The van der Waals surface area contributed by atoms with Gasteiger partial charge in [0.25, 0.3) is 12.3 Å². The van der Waals surface area contributed by atoms with E-state index in [0.29, 0.717) is 12.2 Å². The fourth-order valence-corrected chi connectivity index (χ4v) is 2.70. The first-order valence-electron chi connectivity index (χ1n) is 8.39. The molecule has 0 atom stereocenters. The number of pyridine rings is 1. The number of carbonyl (C=O) groups is 2. The summed E-state index contributed by atoms with van der Waals surface area (Å²) < 4.78 is 25.6. The number of nitrogens with one attached hydrogen (secondary N) is 1. The third-order valence-corrected chi connectivity index (χ3v) is 4.15. The van der Waals surface area contributed by atoms with E-state index in [-0.39, 0.29) is 30.0 Å². The molecule has 0 spiro atoms. The zero-order valence-electron chi connectivity index (χ0n) is 14.7. The Morgan fingerprint density at radius 3 is 2.70 bits per heavy atom. The summed E-state index contributed by atoms with van der Waals surface area (Å²) in [7, 11) is 1.50. The second-order valence-electron chi connectivity index (χ2n) is 6.19. The van der Waals surface area contributed by atoms with Crippen molar-refractivity contribution in [3.05, 3.63) is 59.3 Å². The standard InChI is InChI=1S/C19H18F2N4O2/c1-25-17(26)8-6-15(24-25)19(27)23-16-7-5-13(11-22-16)9-12-3-2-4-14(10-12)18(20)21/h2-5,7,10-11,18H,6,8-9H2,1H3,(H,22,23,27). The first kappa shape index (κ1) is 18.6. The van der Waals surface area contributed by atoms with E-state index in [2.05, 4.69) is 15.4 Å². The lowest BCUT2D eigenvalue weighted by Gasteiger charge is -2.18. The molecule has 2 amide bonds. The number of halogens is 2. The zero-order valence-corrected chi connectivity index (χ0v) is 14.7. The average molecular weight is 372 g/mol. The summed E-state index contributed by atoms with van der Waals surface area (Å²) in [5.74, 6) is -0.184. The molecule has 1 N–H and O–H groups in total. The van der Waals surface area contributed by atoms with Gasteiger partial charge in [-0.15, -0.1) is 0 Å². The Morgan fingerprint density at radius 2 is 2.04 bits per heavy atom. The highest BCUT2D eigenvalue weighted by Crippen LogP contribution is 2.21. The number of amides is 2. The van der Waals surface area contributed by atoms with Crippen LogP contribution < -0.4 is 5.32 Å². The average Bonchev–Trinajstić information content (AvgIpc) is 2.65. The molecule has 0 aliphatic carbocycles. The van der Waals surface area contributed by atoms with Gasteiger partial charge in [0.2, 0.25) is 5.91 Å². The van der Waals surface area contributed by atoms with Crippen molar-refractivity contribution in [3.8, 4) is 0 Å². The lowest BCUT2D eigenvalue weighted by atomic mass is 10.0. The minimum absolute atomic E-state index is 0.0129. The summed E-state index contributed by atoms with van der Waals surface area (Å²) in [5, 5.41) is 7.75. The van der Waals surface area contributed by atoms with Crippen LogP contribution in [0.4, 0.5) is 14.6 Å². The summed E-state index contributed by atoms with van der Waals surface area (Å²) in [6, 6.07) is 9.66. The summed E-state index contributed by atoms with van der Waals surface area (Å²) >= 11 is 0. The number of hydrazone groups is 1. The number of anilines is 1. The van der Waals surface area contributed by atoms with E-state index >= 15 is 0 Å². The number of hydrogen-bond donors (Lipinski definition) is 1. The molecule has 2 heterocycles. The van der Waals surface area contributed by atoms with Gasteiger partial charge >= 0.3 is 0 Å². The number of alkyl halides is 2. The van der Waals surface area contributed by atoms with Crippen molar-refractivity contribution in [2.24, 2.45) is 5.10 Å². The number of benzene rings is 1. The molecule has 0 saturated heterocycles. The number of hydrogen-bond acceptors (Lipinski definition) is 4. The van der Waals surface area contributed by atoms with Crippen LogP contribution in [0.3, 0.4) is 0 Å². The maximum Gasteiger partial charge on any atom is 0.273 e. The SMILES string of the molecule is CN1N=C(C(=O)Nc2ccc(Cc3cccc(C(F)F)c3)cn2)CCC1=O. The molecular formula is C19H18F2N4O2. The summed E-state index contributed by atoms with van der Waals surface area (Å²) in [5.41, 5.74) is 1.85. The number of nitrogens with zero attached hydrogens (tertiary/aromatic N) is 3. The van der Waals surface area contributed by atoms with Crippen LogP contribution in [0.5, 0.6) is 0 Å². The Kier molecular flexibility index (Phi) is 5.54. The Labute approximate surface area is 154 Å². The molecule has 3 rings (SSSR count). The van der Waals surface area contributed by atoms with Gasteiger partial charge in [0, 0.05) is 31.6 Å². The minimum atomic E-state index is -2.50. The van der Waals surface area contributed by atoms with Crippen LogP contribution in [-0.2, 0) is 16.0 Å². The van der Waals surface area contributed by atoms with Gasteiger partial charge in [0.15, 0.2) is 0 Å². The van der Waals surface area contributed by atoms with Crippen LogP contribution in [0.25, 0.3) is 0 Å². The van der Waals surface area contributed by atoms with Gasteiger partial charge in [-0.3, -0.25) is 9.59 Å². The van der Waals surface area contributed by atoms with Crippen LogP contribution >= 0.6 is 0 Å². The highest BCUT2D eigenvalue weighted by Gasteiger charge is 2.22. The molecule has 1 aliphatic heterocycles. The lowest BCUT2D eigenvalue weighted by molar-refractivity contribution is -0.130. The van der Waals surface area contributed by atoms with E-state index < -0.39 is 12.3 Å². The first-order valence-corrected chi connectivity index (χ1v) is 8.39. The van der Waals surface area contributed by atoms with Crippen molar-refractivity contribution in [1.29, 1.82) is 0 Å². The van der Waals surface area contributed by atoms with Gasteiger partial charge in [0.1, 0.15) is 11.5 Å². The first-order chi connectivity index (χ1) is 12.9. The Morgan fingerprint density at radius 1 is 1.22 bits per heavy atom. The Balaban J connectivity index is 1.64. The molecule has 2 aromatic rings. The second kappa shape index (κ2) is 8.03. The molecule has 0 radical (unpaired) electrons. The zero-order chi connectivity index (χ0) is 19.4. The van der Waals surface area contributed by atoms with Crippen molar-refractivity contribution < 1.29 is 18.4 Å². The largest absolute Gasteiger partial charge is 0.305 e. The lowest BCUT2D eigenvalue weighted by Crippen LogP contribution is -2.34. The molecule has 1 aromatic heterocycles. The fraction of sp³-hybridized carbons (Fsp3) is 0.263. The monoisotopic (exact) mass is 372 g/mol. The van der Waals surface area contributed by atoms with E-state index in [4.69, 9.17) is 0 Å². The van der Waals surface area contributed by atoms with Gasteiger partial charge in [-0.2, -0.15) is 5.10 Å².